The van der Waals surface area contributed by atoms with Crippen molar-refractivity contribution in [1.82, 2.24) is 0 Å². The van der Waals surface area contributed by atoms with Crippen LogP contribution < -0.4 is 51.4 Å². The summed E-state index contributed by atoms with van der Waals surface area (Å²) >= 11 is 0. The molecule has 21 heavy (non-hydrogen) atoms. The van der Waals surface area contributed by atoms with Crippen molar-refractivity contribution in [3.63, 3.8) is 0 Å². The van der Waals surface area contributed by atoms with E-state index in [0.717, 1.165) is 0 Å². The van der Waals surface area contributed by atoms with Gasteiger partial charge in [0.15, 0.2) is 0 Å². The van der Waals surface area contributed by atoms with Crippen molar-refractivity contribution >= 4 is 0 Å². The zero-order valence-electron chi connectivity index (χ0n) is 18.0. The summed E-state index contributed by atoms with van der Waals surface area (Å²) in [6, 6.07) is 0. The predicted octanol–water partition coefficient (Wildman–Crippen LogP) is 4.21. The van der Waals surface area contributed by atoms with Crippen LogP contribution in [0.5, 0.6) is 0 Å². The van der Waals surface area contributed by atoms with Crippen LogP contribution in [0.2, 0.25) is 0 Å². The molecule has 0 radical (unpaired) electrons. The fourth-order valence-electron chi connectivity index (χ4n) is 3.12. The Labute approximate surface area is 180 Å². The van der Waals surface area contributed by atoms with Gasteiger partial charge in [-0.3, -0.25) is 0 Å². The molecule has 0 unspecified atom stereocenters. The van der Waals surface area contributed by atoms with Crippen LogP contribution in [0.3, 0.4) is 0 Å². The number of hydrogen-bond donors (Lipinski definition) is 0. The van der Waals surface area contributed by atoms with Crippen LogP contribution in [-0.2, 0) is 0 Å². The maximum Gasteiger partial charge on any atom is 1.00 e. The first-order valence-electron chi connectivity index (χ1n) is 7.75. The first kappa shape index (κ1) is 27.5. The molecule has 0 bridgehead atoms. The van der Waals surface area contributed by atoms with E-state index in [0.29, 0.717) is 0 Å². The van der Waals surface area contributed by atoms with Gasteiger partial charge in [-0.2, -0.15) is 19.3 Å². The van der Waals surface area contributed by atoms with Gasteiger partial charge in [-0.1, -0.05) is 81.6 Å². The molecule has 0 heterocycles. The Morgan fingerprint density at radius 1 is 0.524 bits per heavy atom. The maximum atomic E-state index is 2.46. The van der Waals surface area contributed by atoms with E-state index >= 15 is 0 Å². The zero-order chi connectivity index (χ0) is 16.1. The monoisotopic (exact) mass is 321 g/mol. The second kappa shape index (κ2) is 7.68. The molecule has 0 nitrogen and oxygen atoms in total. The summed E-state index contributed by atoms with van der Waals surface area (Å²) in [5.41, 5.74) is 1.19. The normalized spacial score (nSPS) is 14.6. The molecule has 0 aliphatic rings. The molecule has 0 aromatic heterocycles. The molecule has 0 saturated heterocycles. The average Bonchev–Trinajstić information content (AvgIpc) is 2.14. The summed E-state index contributed by atoms with van der Waals surface area (Å²) in [6.45, 7) is 31.2. The van der Waals surface area contributed by atoms with Gasteiger partial charge < -0.3 is 13.3 Å². The summed E-state index contributed by atoms with van der Waals surface area (Å²) in [4.78, 5) is 0. The van der Waals surface area contributed by atoms with Gasteiger partial charge in [0.2, 0.25) is 0 Å². The fraction of sp³-hybridized carbons (Fsp3) is 0.900. The van der Waals surface area contributed by atoms with Crippen molar-refractivity contribution in [3.05, 3.63) is 13.3 Å². The molecule has 0 N–H and O–H groups in total. The van der Waals surface area contributed by atoms with Gasteiger partial charge in [-0.05, 0) is 16.2 Å². The summed E-state index contributed by atoms with van der Waals surface area (Å²) in [5.74, 6) is 1.52. The number of hydrogen-bond acceptors (Lipinski definition) is 0. The molecule has 0 spiro atoms. The Hall–Kier alpha value is 1.64. The third kappa shape index (κ3) is 4.38. The first-order valence-corrected chi connectivity index (χ1v) is 7.75. The Morgan fingerprint density at radius 3 is 1.00 bits per heavy atom. The van der Waals surface area contributed by atoms with Gasteiger partial charge in [-0.15, -0.1) is 0 Å². The average molecular weight is 322 g/mol. The second-order valence-electron chi connectivity index (χ2n) is 9.75. The molecular formula is C20H42K-. The summed E-state index contributed by atoms with van der Waals surface area (Å²) in [7, 11) is 0. The van der Waals surface area contributed by atoms with E-state index in [4.69, 9.17) is 0 Å². The minimum Gasteiger partial charge on any atom is -0.358 e. The van der Waals surface area contributed by atoms with Crippen LogP contribution in [0.4, 0.5) is 0 Å². The van der Waals surface area contributed by atoms with E-state index in [9.17, 15) is 0 Å². The van der Waals surface area contributed by atoms with E-state index in [-0.39, 0.29) is 85.9 Å². The Bertz CT molecular complexity index is 311. The van der Waals surface area contributed by atoms with Gasteiger partial charge in [-0.25, -0.2) is 0 Å². The van der Waals surface area contributed by atoms with Crippen molar-refractivity contribution in [2.24, 2.45) is 27.1 Å². The summed E-state index contributed by atoms with van der Waals surface area (Å²) < 4.78 is 0. The molecule has 0 rings (SSSR count). The molecule has 124 valence electrons. The van der Waals surface area contributed by atoms with Crippen molar-refractivity contribution in [2.45, 2.75) is 90.0 Å². The van der Waals surface area contributed by atoms with Gasteiger partial charge in [0.1, 0.15) is 0 Å². The van der Waals surface area contributed by atoms with Gasteiger partial charge in [0.05, 0.1) is 0 Å². The Balaban J connectivity index is -0.00000162. The van der Waals surface area contributed by atoms with Crippen LogP contribution >= 0.6 is 0 Å². The summed E-state index contributed by atoms with van der Waals surface area (Å²) in [6.07, 6.45) is 0. The molecule has 0 amide bonds. The minimum absolute atomic E-state index is 0. The molecular weight excluding hydrogens is 279 g/mol. The van der Waals surface area contributed by atoms with Crippen LogP contribution in [-0.4, -0.2) is 0 Å². The zero-order valence-corrected chi connectivity index (χ0v) is 21.1. The Kier molecular flexibility index (Phi) is 10.1. The molecule has 0 fully saturated rings. The van der Waals surface area contributed by atoms with Crippen LogP contribution in [0, 0.1) is 40.4 Å². The summed E-state index contributed by atoms with van der Waals surface area (Å²) in [5, 5.41) is 0. The molecule has 0 atom stereocenters. The third-order valence-corrected chi connectivity index (χ3v) is 7.81. The maximum absolute atomic E-state index is 2.46. The van der Waals surface area contributed by atoms with E-state index in [2.05, 4.69) is 90.0 Å². The number of rotatable bonds is 4. The van der Waals surface area contributed by atoms with Crippen molar-refractivity contribution in [2.75, 3.05) is 0 Å². The Morgan fingerprint density at radius 2 is 0.810 bits per heavy atom. The quantitative estimate of drug-likeness (QED) is 0.537. The van der Waals surface area contributed by atoms with Gasteiger partial charge in [0, 0.05) is 0 Å². The van der Waals surface area contributed by atoms with E-state index < -0.39 is 0 Å². The van der Waals surface area contributed by atoms with Crippen molar-refractivity contribution in [3.8, 4) is 0 Å². The SMILES string of the molecule is C[C-](C)C(C)(C)C(C)(C)C(C)(C)C(C)(C)C(C)(C)C.[CH3-].[K+]. The topological polar surface area (TPSA) is 0 Å². The van der Waals surface area contributed by atoms with E-state index in [1.54, 1.807) is 0 Å². The van der Waals surface area contributed by atoms with Crippen molar-refractivity contribution < 1.29 is 51.4 Å². The second-order valence-corrected chi connectivity index (χ2v) is 9.75. The molecule has 0 aromatic rings. The first-order chi connectivity index (χ1) is 7.94. The van der Waals surface area contributed by atoms with E-state index in [1.165, 1.54) is 5.92 Å². The van der Waals surface area contributed by atoms with E-state index in [1.807, 2.05) is 0 Å². The van der Waals surface area contributed by atoms with Crippen LogP contribution in [0.1, 0.15) is 90.0 Å². The van der Waals surface area contributed by atoms with Crippen molar-refractivity contribution in [1.29, 1.82) is 0 Å². The minimum atomic E-state index is 0. The molecule has 1 heteroatoms. The smallest absolute Gasteiger partial charge is 0.358 e. The largest absolute Gasteiger partial charge is 1.00 e. The third-order valence-electron chi connectivity index (χ3n) is 7.81. The van der Waals surface area contributed by atoms with Gasteiger partial charge >= 0.3 is 51.4 Å². The fourth-order valence-corrected chi connectivity index (χ4v) is 3.12. The van der Waals surface area contributed by atoms with Gasteiger partial charge in [0.25, 0.3) is 0 Å². The molecule has 0 aliphatic heterocycles. The standard InChI is InChI=1S/C19H39.CH3.K/c1-14(2)16(6,7)18(10,11)19(12,13)17(8,9)15(3,4)5;;/h1-13H3;1H3;/q2*-1;+1. The van der Waals surface area contributed by atoms with Crippen LogP contribution in [0.25, 0.3) is 0 Å². The molecule has 0 aliphatic carbocycles. The van der Waals surface area contributed by atoms with Crippen LogP contribution in [0.15, 0.2) is 0 Å². The predicted molar refractivity (Wildman–Crippen MR) is 95.6 cm³/mol. The molecule has 0 saturated carbocycles. The molecule has 0 aromatic carbocycles.